The van der Waals surface area contributed by atoms with Crippen LogP contribution in [0.3, 0.4) is 0 Å². The summed E-state index contributed by atoms with van der Waals surface area (Å²) in [5, 5.41) is 12.5. The molecule has 0 saturated heterocycles. The van der Waals surface area contributed by atoms with E-state index < -0.39 is 14.5 Å². The van der Waals surface area contributed by atoms with E-state index in [1.165, 1.54) is 0 Å². The summed E-state index contributed by atoms with van der Waals surface area (Å²) < 4.78 is 6.25. The summed E-state index contributed by atoms with van der Waals surface area (Å²) in [5.74, 6) is 0.627. The minimum Gasteiger partial charge on any atom is -0.542 e. The van der Waals surface area contributed by atoms with Gasteiger partial charge < -0.3 is 14.8 Å². The number of aldehydes is 1. The number of rotatable bonds is 5. The van der Waals surface area contributed by atoms with Crippen LogP contribution < -0.4 is 9.74 Å². The molecule has 0 amide bonds. The fraction of sp³-hybridized carbons (Fsp3) is 0.533. The second-order valence-electron chi connectivity index (χ2n) is 6.56. The SMILES string of the molecule is CC(O)Nc1ccc(C=O)cc1O[Si](C)(C)C(C)(C)C. The molecule has 0 fully saturated rings. The first kappa shape index (κ1) is 16.7. The molecule has 0 aromatic heterocycles. The van der Waals surface area contributed by atoms with Crippen molar-refractivity contribution in [2.45, 2.75) is 52.1 Å². The summed E-state index contributed by atoms with van der Waals surface area (Å²) in [6, 6.07) is 5.19. The number of aliphatic hydroxyl groups excluding tert-OH is 1. The highest BCUT2D eigenvalue weighted by atomic mass is 28.4. The third-order valence-electron chi connectivity index (χ3n) is 3.68. The molecule has 4 nitrogen and oxygen atoms in total. The molecule has 1 aromatic rings. The molecule has 0 aliphatic rings. The zero-order chi connectivity index (χ0) is 15.6. The number of nitrogens with one attached hydrogen (secondary N) is 1. The van der Waals surface area contributed by atoms with Gasteiger partial charge in [-0.25, -0.2) is 0 Å². The molecular weight excluding hydrogens is 270 g/mol. The van der Waals surface area contributed by atoms with Gasteiger partial charge in [0.25, 0.3) is 8.32 Å². The molecule has 0 saturated carbocycles. The molecule has 1 unspecified atom stereocenters. The third-order valence-corrected chi connectivity index (χ3v) is 8.02. The highest BCUT2D eigenvalue weighted by Crippen LogP contribution is 2.39. The van der Waals surface area contributed by atoms with Gasteiger partial charge >= 0.3 is 0 Å². The van der Waals surface area contributed by atoms with Crippen molar-refractivity contribution in [3.63, 3.8) is 0 Å². The van der Waals surface area contributed by atoms with Gasteiger partial charge in [0.15, 0.2) is 0 Å². The molecule has 20 heavy (non-hydrogen) atoms. The Bertz CT molecular complexity index is 478. The summed E-state index contributed by atoms with van der Waals surface area (Å²) in [5.41, 5.74) is 1.27. The van der Waals surface area contributed by atoms with Gasteiger partial charge in [-0.1, -0.05) is 20.8 Å². The summed E-state index contributed by atoms with van der Waals surface area (Å²) in [6.45, 7) is 12.4. The number of hydrogen-bond donors (Lipinski definition) is 2. The van der Waals surface area contributed by atoms with Gasteiger partial charge in [0.1, 0.15) is 18.3 Å². The molecule has 112 valence electrons. The van der Waals surface area contributed by atoms with Crippen molar-refractivity contribution in [3.05, 3.63) is 23.8 Å². The molecule has 1 rings (SSSR count). The summed E-state index contributed by atoms with van der Waals surface area (Å²) in [7, 11) is -2.00. The van der Waals surface area contributed by atoms with Gasteiger partial charge in [-0.3, -0.25) is 4.79 Å². The lowest BCUT2D eigenvalue weighted by Gasteiger charge is -2.37. The molecule has 0 bridgehead atoms. The molecule has 0 radical (unpaired) electrons. The second-order valence-corrected chi connectivity index (χ2v) is 11.3. The van der Waals surface area contributed by atoms with Crippen LogP contribution in [0.4, 0.5) is 5.69 Å². The molecular formula is C15H25NO3Si. The van der Waals surface area contributed by atoms with Crippen LogP contribution >= 0.6 is 0 Å². The van der Waals surface area contributed by atoms with Crippen LogP contribution in [0.1, 0.15) is 38.1 Å². The van der Waals surface area contributed by atoms with E-state index in [4.69, 9.17) is 4.43 Å². The topological polar surface area (TPSA) is 58.6 Å². The van der Waals surface area contributed by atoms with Crippen molar-refractivity contribution in [2.75, 3.05) is 5.32 Å². The number of anilines is 1. The number of hydrogen-bond acceptors (Lipinski definition) is 4. The first-order valence-electron chi connectivity index (χ1n) is 6.79. The first-order valence-corrected chi connectivity index (χ1v) is 9.70. The van der Waals surface area contributed by atoms with Crippen LogP contribution in [0.15, 0.2) is 18.2 Å². The highest BCUT2D eigenvalue weighted by Gasteiger charge is 2.39. The van der Waals surface area contributed by atoms with E-state index in [2.05, 4.69) is 39.2 Å². The first-order chi connectivity index (χ1) is 9.06. The molecule has 0 aliphatic heterocycles. The molecule has 0 heterocycles. The second kappa shape index (κ2) is 5.97. The molecule has 2 N–H and O–H groups in total. The Morgan fingerprint density at radius 3 is 2.40 bits per heavy atom. The van der Waals surface area contributed by atoms with Gasteiger partial charge in [0.2, 0.25) is 0 Å². The van der Waals surface area contributed by atoms with Crippen LogP contribution in [-0.2, 0) is 0 Å². The average molecular weight is 295 g/mol. The van der Waals surface area contributed by atoms with E-state index in [1.807, 2.05) is 0 Å². The van der Waals surface area contributed by atoms with E-state index >= 15 is 0 Å². The molecule has 1 aromatic carbocycles. The highest BCUT2D eigenvalue weighted by molar-refractivity contribution is 6.74. The maximum absolute atomic E-state index is 10.9. The summed E-state index contributed by atoms with van der Waals surface area (Å²) in [4.78, 5) is 10.9. The fourth-order valence-corrected chi connectivity index (χ4v) is 2.49. The van der Waals surface area contributed by atoms with Crippen LogP contribution in [-0.4, -0.2) is 25.9 Å². The largest absolute Gasteiger partial charge is 0.542 e. The number of benzene rings is 1. The Morgan fingerprint density at radius 1 is 1.35 bits per heavy atom. The lowest BCUT2D eigenvalue weighted by Crippen LogP contribution is -2.44. The Hall–Kier alpha value is -1.33. The monoisotopic (exact) mass is 295 g/mol. The van der Waals surface area contributed by atoms with E-state index in [1.54, 1.807) is 25.1 Å². The van der Waals surface area contributed by atoms with Gasteiger partial charge in [-0.05, 0) is 43.3 Å². The normalized spacial score (nSPS) is 13.8. The van der Waals surface area contributed by atoms with Crippen molar-refractivity contribution in [3.8, 4) is 5.75 Å². The molecule has 5 heteroatoms. The van der Waals surface area contributed by atoms with Crippen LogP contribution in [0.25, 0.3) is 0 Å². The Balaban J connectivity index is 3.16. The standard InChI is InChI=1S/C15H25NO3Si/c1-11(18)16-13-8-7-12(10-17)9-14(13)19-20(5,6)15(2,3)4/h7-11,16,18H,1-6H3. The molecule has 0 spiro atoms. The van der Waals surface area contributed by atoms with E-state index in [0.717, 1.165) is 6.29 Å². The van der Waals surface area contributed by atoms with Crippen molar-refractivity contribution in [1.82, 2.24) is 0 Å². The smallest absolute Gasteiger partial charge is 0.250 e. The predicted molar refractivity (Wildman–Crippen MR) is 85.0 cm³/mol. The average Bonchev–Trinajstić information content (AvgIpc) is 2.29. The Morgan fingerprint density at radius 2 is 1.95 bits per heavy atom. The van der Waals surface area contributed by atoms with Crippen LogP contribution in [0.2, 0.25) is 18.1 Å². The zero-order valence-corrected chi connectivity index (χ0v) is 14.2. The number of carbonyl (C=O) groups is 1. The lowest BCUT2D eigenvalue weighted by molar-refractivity contribution is 0.112. The van der Waals surface area contributed by atoms with Gasteiger partial charge in [0, 0.05) is 5.56 Å². The zero-order valence-electron chi connectivity index (χ0n) is 13.2. The van der Waals surface area contributed by atoms with E-state index in [-0.39, 0.29) is 5.04 Å². The van der Waals surface area contributed by atoms with E-state index in [9.17, 15) is 9.90 Å². The van der Waals surface area contributed by atoms with Crippen molar-refractivity contribution >= 4 is 20.3 Å². The number of carbonyl (C=O) groups excluding carboxylic acids is 1. The van der Waals surface area contributed by atoms with Crippen molar-refractivity contribution in [2.24, 2.45) is 0 Å². The van der Waals surface area contributed by atoms with Crippen LogP contribution in [0, 0.1) is 0 Å². The maximum Gasteiger partial charge on any atom is 0.250 e. The quantitative estimate of drug-likeness (QED) is 0.495. The molecule has 1 atom stereocenters. The van der Waals surface area contributed by atoms with Crippen molar-refractivity contribution < 1.29 is 14.3 Å². The van der Waals surface area contributed by atoms with Gasteiger partial charge in [-0.15, -0.1) is 0 Å². The van der Waals surface area contributed by atoms with Crippen molar-refractivity contribution in [1.29, 1.82) is 0 Å². The Labute approximate surface area is 122 Å². The third kappa shape index (κ3) is 4.08. The minimum absolute atomic E-state index is 0.0618. The number of aliphatic hydroxyl groups is 1. The van der Waals surface area contributed by atoms with E-state index in [0.29, 0.717) is 17.0 Å². The van der Waals surface area contributed by atoms with Gasteiger partial charge in [0.05, 0.1) is 5.69 Å². The minimum atomic E-state index is -2.00. The fourth-order valence-electron chi connectivity index (χ4n) is 1.47. The maximum atomic E-state index is 10.9. The summed E-state index contributed by atoms with van der Waals surface area (Å²) in [6.07, 6.45) is 0.115. The Kier molecular flexibility index (Phi) is 4.99. The lowest BCUT2D eigenvalue weighted by atomic mass is 10.2. The van der Waals surface area contributed by atoms with Gasteiger partial charge in [-0.2, -0.15) is 0 Å². The summed E-state index contributed by atoms with van der Waals surface area (Å²) >= 11 is 0. The molecule has 0 aliphatic carbocycles. The van der Waals surface area contributed by atoms with Crippen LogP contribution in [0.5, 0.6) is 5.75 Å². The predicted octanol–water partition coefficient (Wildman–Crippen LogP) is 3.63.